The molecule has 1 aromatic rings. The summed E-state index contributed by atoms with van der Waals surface area (Å²) in [6, 6.07) is 4.68. The topological polar surface area (TPSA) is 69.6 Å². The summed E-state index contributed by atoms with van der Waals surface area (Å²) in [7, 11) is 0. The highest BCUT2D eigenvalue weighted by atomic mass is 16.3. The molecule has 0 fully saturated rings. The summed E-state index contributed by atoms with van der Waals surface area (Å²) in [6.45, 7) is 2.64. The zero-order chi connectivity index (χ0) is 24.0. The second kappa shape index (κ2) is 19.4. The number of hydrogen-bond donors (Lipinski definition) is 3. The molecule has 0 unspecified atom stereocenters. The summed E-state index contributed by atoms with van der Waals surface area (Å²) in [5.41, 5.74) is 0.861. The minimum Gasteiger partial charge on any atom is -0.504 e. The average molecular weight is 450 g/mol. The first-order valence-corrected chi connectivity index (χ1v) is 11.8. The van der Waals surface area contributed by atoms with Crippen LogP contribution in [0.2, 0.25) is 0 Å². The Balaban J connectivity index is 2.02. The van der Waals surface area contributed by atoms with Crippen molar-refractivity contribution in [3.05, 3.63) is 96.7 Å². The highest BCUT2D eigenvalue weighted by Gasteiger charge is 2.02. The van der Waals surface area contributed by atoms with Crippen molar-refractivity contribution in [2.45, 2.75) is 58.3 Å². The maximum Gasteiger partial charge on any atom is 0.223 e. The van der Waals surface area contributed by atoms with E-state index in [4.69, 9.17) is 0 Å². The summed E-state index contributed by atoms with van der Waals surface area (Å²) >= 11 is 0. The van der Waals surface area contributed by atoms with Crippen LogP contribution in [0.25, 0.3) is 0 Å². The summed E-state index contributed by atoms with van der Waals surface area (Å²) in [6.07, 6.45) is 32.3. The van der Waals surface area contributed by atoms with Gasteiger partial charge in [0.1, 0.15) is 0 Å². The number of phenols is 2. The van der Waals surface area contributed by atoms with Gasteiger partial charge in [-0.2, -0.15) is 0 Å². The van der Waals surface area contributed by atoms with Crippen molar-refractivity contribution < 1.29 is 15.0 Å². The summed E-state index contributed by atoms with van der Waals surface area (Å²) in [5.74, 6) is -0.310. The molecule has 4 nitrogen and oxygen atoms in total. The Bertz CT molecular complexity index is 844. The standard InChI is InChI=1S/C29H39NO3/c1-2-3-4-5-6-7-8-9-10-11-12-13-14-15-16-17-18-19-20-29(33)30-24-23-26-21-22-27(31)28(32)25-26/h3-4,6-7,9-10,12-13,15-16,18-19,21-22,25,31-32H,2,5,8,11,14,17,20,23-24H2,1H3,(H,30,33)/b4-3-,7-6-,10-9-,13-12-,16-15-,19-18-. The van der Waals surface area contributed by atoms with Gasteiger partial charge in [-0.05, 0) is 62.6 Å². The molecule has 33 heavy (non-hydrogen) atoms. The van der Waals surface area contributed by atoms with Gasteiger partial charge in [-0.15, -0.1) is 0 Å². The fourth-order valence-electron chi connectivity index (χ4n) is 2.86. The Morgan fingerprint density at radius 2 is 1.21 bits per heavy atom. The molecule has 3 N–H and O–H groups in total. The fourth-order valence-corrected chi connectivity index (χ4v) is 2.86. The number of benzene rings is 1. The van der Waals surface area contributed by atoms with E-state index in [2.05, 4.69) is 73.0 Å². The van der Waals surface area contributed by atoms with Crippen LogP contribution in [0.3, 0.4) is 0 Å². The predicted octanol–water partition coefficient (Wildman–Crippen LogP) is 6.84. The summed E-state index contributed by atoms with van der Waals surface area (Å²) in [4.78, 5) is 11.8. The van der Waals surface area contributed by atoms with Crippen LogP contribution in [-0.2, 0) is 11.2 Å². The van der Waals surface area contributed by atoms with Gasteiger partial charge in [0, 0.05) is 13.0 Å². The van der Waals surface area contributed by atoms with Crippen LogP contribution in [0.1, 0.15) is 57.4 Å². The molecule has 0 bridgehead atoms. The van der Waals surface area contributed by atoms with E-state index in [-0.39, 0.29) is 17.4 Å². The van der Waals surface area contributed by atoms with Crippen molar-refractivity contribution in [1.82, 2.24) is 5.32 Å². The Kier molecular flexibility index (Phi) is 16.3. The second-order valence-electron chi connectivity index (χ2n) is 7.54. The van der Waals surface area contributed by atoms with E-state index >= 15 is 0 Å². The number of hydrogen-bond acceptors (Lipinski definition) is 3. The van der Waals surface area contributed by atoms with Crippen molar-refractivity contribution in [3.63, 3.8) is 0 Å². The minimum absolute atomic E-state index is 0.0296. The van der Waals surface area contributed by atoms with Crippen molar-refractivity contribution in [3.8, 4) is 11.5 Å². The van der Waals surface area contributed by atoms with Crippen LogP contribution >= 0.6 is 0 Å². The van der Waals surface area contributed by atoms with Crippen LogP contribution in [0.5, 0.6) is 11.5 Å². The van der Waals surface area contributed by atoms with Gasteiger partial charge in [0.25, 0.3) is 0 Å². The third-order valence-electron chi connectivity index (χ3n) is 4.68. The maximum absolute atomic E-state index is 11.8. The molecule has 0 aliphatic heterocycles. The molecule has 4 heteroatoms. The van der Waals surface area contributed by atoms with Gasteiger partial charge < -0.3 is 15.5 Å². The number of aromatic hydroxyl groups is 2. The van der Waals surface area contributed by atoms with Crippen molar-refractivity contribution >= 4 is 5.91 Å². The third-order valence-corrected chi connectivity index (χ3v) is 4.68. The first-order chi connectivity index (χ1) is 16.1. The van der Waals surface area contributed by atoms with Crippen LogP contribution in [0.15, 0.2) is 91.1 Å². The van der Waals surface area contributed by atoms with Gasteiger partial charge in [0.15, 0.2) is 11.5 Å². The van der Waals surface area contributed by atoms with Gasteiger partial charge in [-0.3, -0.25) is 4.79 Å². The first-order valence-electron chi connectivity index (χ1n) is 11.8. The molecule has 0 heterocycles. The lowest BCUT2D eigenvalue weighted by molar-refractivity contribution is -0.120. The van der Waals surface area contributed by atoms with Crippen molar-refractivity contribution in [1.29, 1.82) is 0 Å². The highest BCUT2D eigenvalue weighted by Crippen LogP contribution is 2.24. The molecule has 0 atom stereocenters. The lowest BCUT2D eigenvalue weighted by Crippen LogP contribution is -2.24. The van der Waals surface area contributed by atoms with Crippen LogP contribution < -0.4 is 5.32 Å². The van der Waals surface area contributed by atoms with E-state index < -0.39 is 0 Å². The summed E-state index contributed by atoms with van der Waals surface area (Å²) in [5, 5.41) is 21.6. The number of carbonyl (C=O) groups is 1. The molecule has 0 saturated heterocycles. The molecule has 1 rings (SSSR count). The van der Waals surface area contributed by atoms with Gasteiger partial charge in [0.2, 0.25) is 5.91 Å². The van der Waals surface area contributed by atoms with E-state index in [1.54, 1.807) is 6.07 Å². The van der Waals surface area contributed by atoms with E-state index in [9.17, 15) is 15.0 Å². The van der Waals surface area contributed by atoms with Crippen molar-refractivity contribution in [2.24, 2.45) is 0 Å². The van der Waals surface area contributed by atoms with Gasteiger partial charge in [-0.25, -0.2) is 0 Å². The second-order valence-corrected chi connectivity index (χ2v) is 7.54. The first kappa shape index (κ1) is 27.8. The van der Waals surface area contributed by atoms with Crippen LogP contribution in [0.4, 0.5) is 0 Å². The fraction of sp³-hybridized carbons (Fsp3) is 0.345. The Labute approximate surface area is 199 Å². The molecule has 1 amide bonds. The van der Waals surface area contributed by atoms with E-state index in [0.717, 1.165) is 44.1 Å². The molecule has 0 aliphatic rings. The molecular weight excluding hydrogens is 410 g/mol. The maximum atomic E-state index is 11.8. The minimum atomic E-state index is -0.142. The molecule has 0 saturated carbocycles. The molecule has 0 radical (unpaired) electrons. The number of allylic oxidation sites excluding steroid dienone is 11. The normalized spacial score (nSPS) is 12.5. The number of carbonyl (C=O) groups excluding carboxylic acids is 1. The zero-order valence-electron chi connectivity index (χ0n) is 19.8. The summed E-state index contributed by atoms with van der Waals surface area (Å²) < 4.78 is 0. The van der Waals surface area contributed by atoms with Gasteiger partial charge in [0.05, 0.1) is 0 Å². The molecule has 0 aliphatic carbocycles. The van der Waals surface area contributed by atoms with E-state index in [1.165, 1.54) is 12.1 Å². The van der Waals surface area contributed by atoms with Gasteiger partial charge in [-0.1, -0.05) is 85.9 Å². The molecule has 1 aromatic carbocycles. The SMILES string of the molecule is CC/C=C\C/C=C\C/C=C\C/C=C\C/C=C\C/C=C\CC(=O)NCCc1ccc(O)c(O)c1. The molecule has 178 valence electrons. The number of rotatable bonds is 16. The quantitative estimate of drug-likeness (QED) is 0.191. The smallest absolute Gasteiger partial charge is 0.223 e. The lowest BCUT2D eigenvalue weighted by atomic mass is 10.1. The van der Waals surface area contributed by atoms with E-state index in [1.807, 2.05) is 12.2 Å². The number of nitrogens with one attached hydrogen (secondary N) is 1. The average Bonchev–Trinajstić information content (AvgIpc) is 2.80. The Morgan fingerprint density at radius 1 is 0.727 bits per heavy atom. The molecular formula is C29H39NO3. The molecule has 0 aromatic heterocycles. The predicted molar refractivity (Wildman–Crippen MR) is 139 cm³/mol. The third kappa shape index (κ3) is 16.1. The largest absolute Gasteiger partial charge is 0.504 e. The van der Waals surface area contributed by atoms with E-state index in [0.29, 0.717) is 19.4 Å². The van der Waals surface area contributed by atoms with Gasteiger partial charge >= 0.3 is 0 Å². The number of phenolic OH excluding ortho intramolecular Hbond substituents is 2. The Hall–Kier alpha value is -3.27. The highest BCUT2D eigenvalue weighted by molar-refractivity contribution is 5.77. The van der Waals surface area contributed by atoms with Crippen LogP contribution in [0, 0.1) is 0 Å². The zero-order valence-corrected chi connectivity index (χ0v) is 19.8. The lowest BCUT2D eigenvalue weighted by Gasteiger charge is -2.05. The Morgan fingerprint density at radius 3 is 1.70 bits per heavy atom. The number of amides is 1. The van der Waals surface area contributed by atoms with Crippen molar-refractivity contribution in [2.75, 3.05) is 6.54 Å². The monoisotopic (exact) mass is 449 g/mol. The molecule has 0 spiro atoms. The van der Waals surface area contributed by atoms with Crippen LogP contribution in [-0.4, -0.2) is 22.7 Å².